The molecule has 0 radical (unpaired) electrons. The highest BCUT2D eigenvalue weighted by atomic mass is 16.5. The Morgan fingerprint density at radius 3 is 0.721 bits per heavy atom. The summed E-state index contributed by atoms with van der Waals surface area (Å²) in [4.78, 5) is 0. The van der Waals surface area contributed by atoms with Gasteiger partial charge in [0, 0.05) is 91.9 Å². The average molecular weight is 1370 g/mol. The second-order valence-electron chi connectivity index (χ2n) is 30.8. The summed E-state index contributed by atoms with van der Waals surface area (Å²) in [5.41, 5.74) is 38.6. The molecule has 0 heterocycles. The lowest BCUT2D eigenvalue weighted by Gasteiger charge is -2.50. The van der Waals surface area contributed by atoms with Gasteiger partial charge in [-0.1, -0.05) is 248 Å². The summed E-state index contributed by atoms with van der Waals surface area (Å²) >= 11 is 0. The molecule has 23 rings (SSSR count). The highest BCUT2D eigenvalue weighted by Crippen LogP contribution is 2.71. The minimum Gasteiger partial charge on any atom is -0.496 e. The third-order valence-corrected chi connectivity index (χ3v) is 25.8. The second-order valence-corrected chi connectivity index (χ2v) is 30.8. The van der Waals surface area contributed by atoms with Crippen LogP contribution in [0.25, 0.3) is 0 Å². The van der Waals surface area contributed by atoms with E-state index in [1.165, 1.54) is 207 Å². The molecule has 8 bridgehead atoms. The fourth-order valence-corrected chi connectivity index (χ4v) is 21.8. The quantitative estimate of drug-likeness (QED) is 0.0504. The first-order valence-corrected chi connectivity index (χ1v) is 39.3. The number of aryl methyl sites for hydroxylation is 2. The van der Waals surface area contributed by atoms with E-state index >= 15 is 0 Å². The number of rotatable bonds is 26. The lowest BCUT2D eigenvalue weighted by atomic mass is 9.54. The predicted octanol–water partition coefficient (Wildman–Crippen LogP) is 22.7. The number of methoxy groups -OCH3 is 4. The molecule has 0 aromatic heterocycles. The van der Waals surface area contributed by atoms with Crippen LogP contribution in [0.5, 0.6) is 34.5 Å². The van der Waals surface area contributed by atoms with Crippen LogP contribution in [0.1, 0.15) is 294 Å². The number of benzene rings is 11. The van der Waals surface area contributed by atoms with Crippen molar-refractivity contribution < 1.29 is 28.4 Å². The molecule has 12 aliphatic rings. The maximum atomic E-state index is 7.79. The Bertz CT molecular complexity index is 4810. The van der Waals surface area contributed by atoms with Crippen LogP contribution in [0, 0.1) is 0 Å². The van der Waals surface area contributed by atoms with Crippen molar-refractivity contribution in [3.63, 3.8) is 0 Å². The van der Waals surface area contributed by atoms with Gasteiger partial charge in [0.25, 0.3) is 0 Å². The normalized spacial score (nSPS) is 19.4. The van der Waals surface area contributed by atoms with Gasteiger partial charge in [0.2, 0.25) is 0 Å². The number of ether oxygens (including phenoxy) is 6. The molecule has 0 spiro atoms. The molecule has 0 fully saturated rings. The van der Waals surface area contributed by atoms with E-state index in [4.69, 9.17) is 28.4 Å². The zero-order valence-electron chi connectivity index (χ0n) is 61.3. The molecule has 0 aliphatic heterocycles. The van der Waals surface area contributed by atoms with Gasteiger partial charge in [0.05, 0.1) is 41.7 Å². The van der Waals surface area contributed by atoms with E-state index < -0.39 is 0 Å². The lowest BCUT2D eigenvalue weighted by Crippen LogP contribution is -2.35. The molecule has 522 valence electrons. The van der Waals surface area contributed by atoms with Gasteiger partial charge in [0.15, 0.2) is 0 Å². The molecule has 4 atom stereocenters. The van der Waals surface area contributed by atoms with Gasteiger partial charge in [-0.2, -0.15) is 0 Å². The maximum Gasteiger partial charge on any atom is 0.128 e. The number of hydrogen-bond donors (Lipinski definition) is 0. The van der Waals surface area contributed by atoms with Crippen LogP contribution in [0.4, 0.5) is 0 Å². The smallest absolute Gasteiger partial charge is 0.128 e. The van der Waals surface area contributed by atoms with Crippen molar-refractivity contribution in [3.8, 4) is 34.5 Å². The molecule has 0 N–H and O–H groups in total. The van der Waals surface area contributed by atoms with Gasteiger partial charge in [0.1, 0.15) is 34.5 Å². The van der Waals surface area contributed by atoms with Crippen molar-refractivity contribution in [2.24, 2.45) is 0 Å². The van der Waals surface area contributed by atoms with Gasteiger partial charge in [-0.25, -0.2) is 0 Å². The number of hydrogen-bond acceptors (Lipinski definition) is 6. The third-order valence-electron chi connectivity index (χ3n) is 25.8. The van der Waals surface area contributed by atoms with Crippen LogP contribution in [0.15, 0.2) is 194 Å². The maximum absolute atomic E-state index is 7.79. The van der Waals surface area contributed by atoms with E-state index in [-0.39, 0.29) is 47.3 Å². The molecule has 11 aromatic rings. The van der Waals surface area contributed by atoms with Crippen molar-refractivity contribution in [2.45, 2.75) is 164 Å². The molecule has 6 heteroatoms. The third kappa shape index (κ3) is 9.70. The Morgan fingerprint density at radius 1 is 0.221 bits per heavy atom. The largest absolute Gasteiger partial charge is 0.496 e. The topological polar surface area (TPSA) is 55.4 Å². The Morgan fingerprint density at radius 2 is 0.442 bits per heavy atom. The van der Waals surface area contributed by atoms with E-state index in [1.807, 2.05) is 28.4 Å². The summed E-state index contributed by atoms with van der Waals surface area (Å²) in [5.74, 6) is 5.41. The first-order valence-electron chi connectivity index (χ1n) is 39.3. The zero-order chi connectivity index (χ0) is 69.8. The van der Waals surface area contributed by atoms with Gasteiger partial charge >= 0.3 is 0 Å². The predicted molar refractivity (Wildman–Crippen MR) is 417 cm³/mol. The van der Waals surface area contributed by atoms with Crippen molar-refractivity contribution in [1.29, 1.82) is 0 Å². The zero-order valence-corrected chi connectivity index (χ0v) is 61.3. The molecular weight excluding hydrogens is 1270 g/mol. The summed E-state index contributed by atoms with van der Waals surface area (Å²) < 4.78 is 41.8. The summed E-state index contributed by atoms with van der Waals surface area (Å²) in [6.07, 6.45) is 17.8. The van der Waals surface area contributed by atoms with E-state index in [0.717, 1.165) is 85.9 Å². The Kier molecular flexibility index (Phi) is 16.7. The van der Waals surface area contributed by atoms with Crippen molar-refractivity contribution in [2.75, 3.05) is 41.7 Å². The number of unbranched alkanes of at least 4 members (excludes halogenated alkanes) is 10. The van der Waals surface area contributed by atoms with Crippen molar-refractivity contribution in [1.82, 2.24) is 0 Å². The fraction of sp³-hybridized carbons (Fsp3) is 0.327. The van der Waals surface area contributed by atoms with Crippen LogP contribution in [0.2, 0.25) is 0 Å². The molecule has 0 saturated heterocycles. The van der Waals surface area contributed by atoms with E-state index in [9.17, 15) is 0 Å². The first kappa shape index (κ1) is 65.0. The van der Waals surface area contributed by atoms with Crippen LogP contribution >= 0.6 is 0 Å². The van der Waals surface area contributed by atoms with Crippen LogP contribution in [-0.4, -0.2) is 41.7 Å². The van der Waals surface area contributed by atoms with Crippen molar-refractivity contribution >= 4 is 0 Å². The fourth-order valence-electron chi connectivity index (χ4n) is 21.8. The monoisotopic (exact) mass is 1370 g/mol. The van der Waals surface area contributed by atoms with E-state index in [1.54, 1.807) is 0 Å². The molecule has 12 aliphatic carbocycles. The van der Waals surface area contributed by atoms with Gasteiger partial charge in [-0.15, -0.1) is 0 Å². The second kappa shape index (κ2) is 26.7. The van der Waals surface area contributed by atoms with E-state index in [0.29, 0.717) is 13.2 Å². The highest BCUT2D eigenvalue weighted by molar-refractivity contribution is 5.85. The van der Waals surface area contributed by atoms with Crippen LogP contribution in [0.3, 0.4) is 0 Å². The van der Waals surface area contributed by atoms with Gasteiger partial charge in [-0.05, 0) is 174 Å². The molecule has 104 heavy (non-hydrogen) atoms. The minimum absolute atomic E-state index is 0.00861. The Labute approximate surface area is 614 Å². The summed E-state index contributed by atoms with van der Waals surface area (Å²) in [5, 5.41) is 0. The van der Waals surface area contributed by atoms with Gasteiger partial charge in [-0.3, -0.25) is 0 Å². The Hall–Kier alpha value is -9.78. The van der Waals surface area contributed by atoms with Crippen LogP contribution in [-0.2, 0) is 25.7 Å². The SMILES string of the molecule is CCCCCCCCOc1c2c(c(CCc3ccccc3CCc3c4c(c(OCCCCCCCC)c5c3C3c6ccccc6C5c5c(OC)ccc(OC)c53)C3c5ccccc5C4c4ccccc43)c3c1C1c4ccccc4C3c3c(OC)ccc(OC)c31)C1c3ccccc3C2c2ccccc21. The Balaban J connectivity index is 0.799. The first-order chi connectivity index (χ1) is 51.5. The summed E-state index contributed by atoms with van der Waals surface area (Å²) in [6.45, 7) is 5.95. The molecule has 0 amide bonds. The summed E-state index contributed by atoms with van der Waals surface area (Å²) in [7, 11) is 7.40. The highest BCUT2D eigenvalue weighted by Gasteiger charge is 2.55. The standard InChI is InChI=1S/C98H94O6/c1-7-9-11-13-15-31-55-103-97-93-79-63-39-23-19-35-59(63)77(60-36-20-24-40-64(60)79)85(93)71(87-81-67-43-27-29-45-69(67)83(95(87)97)91-75(101-5)53-51-73(99-3)89(81)91)49-47-57-33-17-18-34-58(57)48-50-72-86-78-61-37-21-25-41-65(61)80(66-42-26-22-38-62(66)78)94(86)98(104-56-32-16-14-12-10-8-2)96-84-70-46-30-28-44-68(70)82(88(72)96)90-74(100-4)52-54-76(102-6)92(84)90/h17-30,33-46,51-54,77-84H,7-16,31-32,47-50,55-56H2,1-6H3. The molecule has 6 nitrogen and oxygen atoms in total. The minimum atomic E-state index is -0.137. The summed E-state index contributed by atoms with van der Waals surface area (Å²) in [6, 6.07) is 74.4. The molecule has 4 unspecified atom stereocenters. The lowest BCUT2D eigenvalue weighted by molar-refractivity contribution is 0.294. The van der Waals surface area contributed by atoms with Gasteiger partial charge < -0.3 is 28.4 Å². The van der Waals surface area contributed by atoms with E-state index in [2.05, 4.69) is 208 Å². The molecular formula is C98H94O6. The van der Waals surface area contributed by atoms with Crippen LogP contribution < -0.4 is 28.4 Å². The average Bonchev–Trinajstić information content (AvgIpc) is 0.670. The van der Waals surface area contributed by atoms with Crippen molar-refractivity contribution in [3.05, 3.63) is 350 Å². The molecule has 11 aromatic carbocycles. The molecule has 0 saturated carbocycles.